The quantitative estimate of drug-likeness (QED) is 0.803. The number of rotatable bonds is 1. The lowest BCUT2D eigenvalue weighted by atomic mass is 10.2. The first-order valence-electron chi connectivity index (χ1n) is 3.75. The van der Waals surface area contributed by atoms with Gasteiger partial charge in [-0.05, 0) is 34.1 Å². The van der Waals surface area contributed by atoms with Crippen LogP contribution in [0.3, 0.4) is 0 Å². The molecule has 1 aromatic carbocycles. The van der Waals surface area contributed by atoms with Crippen molar-refractivity contribution < 1.29 is 5.11 Å². The van der Waals surface area contributed by atoms with Gasteiger partial charge in [0.05, 0.1) is 4.47 Å². The Morgan fingerprint density at radius 2 is 2.23 bits per heavy atom. The minimum atomic E-state index is 0.232. The van der Waals surface area contributed by atoms with Crippen molar-refractivity contribution in [2.24, 2.45) is 0 Å². The van der Waals surface area contributed by atoms with Gasteiger partial charge in [-0.2, -0.15) is 0 Å². The Morgan fingerprint density at radius 3 is 2.85 bits per heavy atom. The zero-order valence-corrected chi connectivity index (χ0v) is 8.25. The second-order valence-corrected chi connectivity index (χ2v) is 3.46. The number of aromatic hydroxyl groups is 1. The molecule has 13 heavy (non-hydrogen) atoms. The van der Waals surface area contributed by atoms with E-state index in [1.165, 1.54) is 0 Å². The lowest BCUT2D eigenvalue weighted by Gasteiger charge is -1.99. The number of imidazole rings is 1. The summed E-state index contributed by atoms with van der Waals surface area (Å²) in [6.07, 6.45) is 3.45. The van der Waals surface area contributed by atoms with Gasteiger partial charge in [-0.25, -0.2) is 4.98 Å². The highest BCUT2D eigenvalue weighted by molar-refractivity contribution is 9.10. The molecule has 0 saturated carbocycles. The first kappa shape index (κ1) is 8.31. The van der Waals surface area contributed by atoms with Crippen LogP contribution in [0.25, 0.3) is 11.4 Å². The third-order valence-corrected chi connectivity index (χ3v) is 2.35. The van der Waals surface area contributed by atoms with E-state index in [9.17, 15) is 5.11 Å². The van der Waals surface area contributed by atoms with Crippen molar-refractivity contribution in [1.29, 1.82) is 0 Å². The van der Waals surface area contributed by atoms with Crippen molar-refractivity contribution in [1.82, 2.24) is 9.97 Å². The molecule has 2 N–H and O–H groups in total. The van der Waals surface area contributed by atoms with Gasteiger partial charge >= 0.3 is 0 Å². The van der Waals surface area contributed by atoms with E-state index in [1.54, 1.807) is 24.5 Å². The largest absolute Gasteiger partial charge is 0.507 e. The maximum absolute atomic E-state index is 9.26. The number of halogens is 1. The molecule has 0 atom stereocenters. The number of phenols is 1. The number of nitrogens with one attached hydrogen (secondary N) is 1. The predicted octanol–water partition coefficient (Wildman–Crippen LogP) is 2.54. The molecule has 0 spiro atoms. The fourth-order valence-corrected chi connectivity index (χ4v) is 1.46. The van der Waals surface area contributed by atoms with Gasteiger partial charge in [0.1, 0.15) is 11.6 Å². The van der Waals surface area contributed by atoms with Crippen molar-refractivity contribution in [2.45, 2.75) is 0 Å². The fraction of sp³-hybridized carbons (Fsp3) is 0. The summed E-state index contributed by atoms with van der Waals surface area (Å²) in [6, 6.07) is 5.25. The van der Waals surface area contributed by atoms with Crippen molar-refractivity contribution in [3.63, 3.8) is 0 Å². The Morgan fingerprint density at radius 1 is 1.38 bits per heavy atom. The van der Waals surface area contributed by atoms with Crippen LogP contribution in [0, 0.1) is 0 Å². The third kappa shape index (κ3) is 1.58. The van der Waals surface area contributed by atoms with Crippen LogP contribution < -0.4 is 0 Å². The van der Waals surface area contributed by atoms with Gasteiger partial charge in [0, 0.05) is 18.0 Å². The first-order chi connectivity index (χ1) is 6.27. The van der Waals surface area contributed by atoms with Crippen LogP contribution in [0.4, 0.5) is 0 Å². The minimum Gasteiger partial charge on any atom is -0.507 e. The molecule has 66 valence electrons. The van der Waals surface area contributed by atoms with Crippen LogP contribution in [-0.2, 0) is 0 Å². The topological polar surface area (TPSA) is 48.9 Å². The van der Waals surface area contributed by atoms with Gasteiger partial charge in [-0.1, -0.05) is 0 Å². The number of benzene rings is 1. The summed E-state index contributed by atoms with van der Waals surface area (Å²) in [7, 11) is 0. The van der Waals surface area contributed by atoms with Crippen LogP contribution in [0.2, 0.25) is 0 Å². The molecule has 2 aromatic rings. The van der Waals surface area contributed by atoms with Crippen LogP contribution in [0.15, 0.2) is 35.1 Å². The summed E-state index contributed by atoms with van der Waals surface area (Å²) in [5.41, 5.74) is 0.940. The van der Waals surface area contributed by atoms with Gasteiger partial charge in [0.15, 0.2) is 0 Å². The van der Waals surface area contributed by atoms with Crippen molar-refractivity contribution in [3.05, 3.63) is 35.1 Å². The van der Waals surface area contributed by atoms with Crippen molar-refractivity contribution >= 4 is 15.9 Å². The van der Waals surface area contributed by atoms with Crippen LogP contribution >= 0.6 is 15.9 Å². The predicted molar refractivity (Wildman–Crippen MR) is 53.4 cm³/mol. The highest BCUT2D eigenvalue weighted by Gasteiger charge is 2.02. The Kier molecular flexibility index (Phi) is 2.06. The number of aromatic nitrogens is 2. The highest BCUT2D eigenvalue weighted by Crippen LogP contribution is 2.27. The monoisotopic (exact) mass is 238 g/mol. The van der Waals surface area contributed by atoms with E-state index >= 15 is 0 Å². The summed E-state index contributed by atoms with van der Waals surface area (Å²) in [5.74, 6) is 1.02. The Balaban J connectivity index is 2.49. The van der Waals surface area contributed by atoms with E-state index < -0.39 is 0 Å². The van der Waals surface area contributed by atoms with Gasteiger partial charge < -0.3 is 10.1 Å². The molecule has 0 unspecified atom stereocenters. The molecule has 2 rings (SSSR count). The number of aromatic amines is 1. The Bertz CT molecular complexity index is 412. The van der Waals surface area contributed by atoms with E-state index in [2.05, 4.69) is 25.9 Å². The molecule has 4 heteroatoms. The smallest absolute Gasteiger partial charge is 0.137 e. The fourth-order valence-electron chi connectivity index (χ4n) is 1.08. The SMILES string of the molecule is Oc1ccc(-c2ncc[nH]2)cc1Br. The molecule has 0 aliphatic carbocycles. The normalized spacial score (nSPS) is 10.2. The molecule has 0 bridgehead atoms. The average Bonchev–Trinajstić information content (AvgIpc) is 2.62. The van der Waals surface area contributed by atoms with Crippen molar-refractivity contribution in [3.8, 4) is 17.1 Å². The molecule has 0 aliphatic heterocycles. The van der Waals surface area contributed by atoms with Crippen LogP contribution in [0.5, 0.6) is 5.75 Å². The zero-order chi connectivity index (χ0) is 9.26. The summed E-state index contributed by atoms with van der Waals surface area (Å²) in [5, 5.41) is 9.26. The summed E-state index contributed by atoms with van der Waals surface area (Å²) < 4.78 is 0.668. The molecule has 0 radical (unpaired) electrons. The number of nitrogens with zero attached hydrogens (tertiary/aromatic N) is 1. The van der Waals surface area contributed by atoms with E-state index in [1.807, 2.05) is 6.07 Å². The van der Waals surface area contributed by atoms with Crippen LogP contribution in [-0.4, -0.2) is 15.1 Å². The maximum atomic E-state index is 9.26. The molecule has 0 amide bonds. The van der Waals surface area contributed by atoms with Gasteiger partial charge in [-0.15, -0.1) is 0 Å². The number of H-pyrrole nitrogens is 1. The molecule has 3 nitrogen and oxygen atoms in total. The van der Waals surface area contributed by atoms with E-state index in [0.29, 0.717) is 4.47 Å². The van der Waals surface area contributed by atoms with E-state index in [0.717, 1.165) is 11.4 Å². The molecule has 0 saturated heterocycles. The zero-order valence-electron chi connectivity index (χ0n) is 6.66. The van der Waals surface area contributed by atoms with Gasteiger partial charge in [0.25, 0.3) is 0 Å². The maximum Gasteiger partial charge on any atom is 0.137 e. The molecule has 1 aromatic heterocycles. The Hall–Kier alpha value is -1.29. The molecular weight excluding hydrogens is 232 g/mol. The van der Waals surface area contributed by atoms with Gasteiger partial charge in [0.2, 0.25) is 0 Å². The van der Waals surface area contributed by atoms with Gasteiger partial charge in [-0.3, -0.25) is 0 Å². The number of phenolic OH excluding ortho intramolecular Hbond substituents is 1. The summed E-state index contributed by atoms with van der Waals surface area (Å²) in [4.78, 5) is 7.09. The molecule has 1 heterocycles. The number of hydrogen-bond donors (Lipinski definition) is 2. The average molecular weight is 239 g/mol. The Labute approximate surface area is 83.6 Å². The summed E-state index contributed by atoms with van der Waals surface area (Å²) in [6.45, 7) is 0. The molecule has 0 fully saturated rings. The van der Waals surface area contributed by atoms with E-state index in [4.69, 9.17) is 0 Å². The highest BCUT2D eigenvalue weighted by atomic mass is 79.9. The third-order valence-electron chi connectivity index (χ3n) is 1.72. The molecular formula is C9H7BrN2O. The standard InChI is InChI=1S/C9H7BrN2O/c10-7-5-6(1-2-8(7)13)9-11-3-4-12-9/h1-5,13H,(H,11,12). The van der Waals surface area contributed by atoms with E-state index in [-0.39, 0.29) is 5.75 Å². The lowest BCUT2D eigenvalue weighted by Crippen LogP contribution is -1.79. The second kappa shape index (κ2) is 3.22. The number of hydrogen-bond acceptors (Lipinski definition) is 2. The lowest BCUT2D eigenvalue weighted by molar-refractivity contribution is 0.472. The first-order valence-corrected chi connectivity index (χ1v) is 4.55. The van der Waals surface area contributed by atoms with Crippen LogP contribution in [0.1, 0.15) is 0 Å². The van der Waals surface area contributed by atoms with Crippen molar-refractivity contribution in [2.75, 3.05) is 0 Å². The summed E-state index contributed by atoms with van der Waals surface area (Å²) >= 11 is 3.24. The second-order valence-electron chi connectivity index (χ2n) is 2.60. The minimum absolute atomic E-state index is 0.232. The molecule has 0 aliphatic rings.